The van der Waals surface area contributed by atoms with Gasteiger partial charge in [0.25, 0.3) is 0 Å². The van der Waals surface area contributed by atoms with Crippen molar-refractivity contribution in [2.24, 2.45) is 0 Å². The summed E-state index contributed by atoms with van der Waals surface area (Å²) in [5.41, 5.74) is -1.10. The normalized spacial score (nSPS) is 16.7. The fourth-order valence-electron chi connectivity index (χ4n) is 2.61. The minimum atomic E-state index is -4.81. The lowest BCUT2D eigenvalue weighted by Gasteiger charge is -2.28. The van der Waals surface area contributed by atoms with Gasteiger partial charge in [-0.1, -0.05) is 6.07 Å². The fraction of sp³-hybridized carbons (Fsp3) is 0.312. The Morgan fingerprint density at radius 3 is 2.63 bits per heavy atom. The molecule has 0 fully saturated rings. The van der Waals surface area contributed by atoms with E-state index in [1.165, 1.54) is 6.07 Å². The second kappa shape index (κ2) is 7.12. The monoisotopic (exact) mass is 396 g/mol. The number of hydrogen-bond acceptors (Lipinski definition) is 4. The molecule has 1 aliphatic rings. The molecule has 4 nitrogen and oxygen atoms in total. The third-order valence-electron chi connectivity index (χ3n) is 3.82. The number of fused-ring (bicyclic) bond motifs is 1. The zero-order valence-electron chi connectivity index (χ0n) is 13.3. The number of hydrogen-bond donors (Lipinski definition) is 1. The average molecular weight is 396 g/mol. The van der Waals surface area contributed by atoms with Gasteiger partial charge in [-0.25, -0.2) is 9.37 Å². The number of nitrogens with one attached hydrogen (secondary N) is 1. The van der Waals surface area contributed by atoms with Crippen LogP contribution in [0.15, 0.2) is 24.4 Å². The van der Waals surface area contributed by atoms with E-state index in [0.717, 1.165) is 6.07 Å². The Morgan fingerprint density at radius 2 is 1.96 bits per heavy atom. The quantitative estimate of drug-likeness (QED) is 0.746. The number of halogens is 7. The van der Waals surface area contributed by atoms with Gasteiger partial charge in [-0.2, -0.15) is 26.3 Å². The maximum Gasteiger partial charge on any atom is 0.418 e. The lowest BCUT2D eigenvalue weighted by molar-refractivity contribution is -0.138. The first-order valence-corrected chi connectivity index (χ1v) is 7.56. The maximum absolute atomic E-state index is 13.8. The van der Waals surface area contributed by atoms with Gasteiger partial charge in [0.15, 0.2) is 23.1 Å². The van der Waals surface area contributed by atoms with E-state index in [4.69, 9.17) is 4.74 Å². The molecule has 1 aromatic heterocycles. The molecule has 1 unspecified atom stereocenters. The van der Waals surface area contributed by atoms with Crippen LogP contribution in [0.5, 0.6) is 11.5 Å². The topological polar surface area (TPSA) is 43.4 Å². The van der Waals surface area contributed by atoms with E-state index in [-0.39, 0.29) is 24.3 Å². The zero-order chi connectivity index (χ0) is 19.8. The van der Waals surface area contributed by atoms with Crippen molar-refractivity contribution in [2.45, 2.75) is 25.3 Å². The van der Waals surface area contributed by atoms with Gasteiger partial charge in [-0.15, -0.1) is 0 Å². The van der Waals surface area contributed by atoms with E-state index < -0.39 is 47.6 Å². The van der Waals surface area contributed by atoms with Crippen molar-refractivity contribution in [3.8, 4) is 11.5 Å². The molecule has 1 atom stereocenters. The zero-order valence-corrected chi connectivity index (χ0v) is 13.3. The van der Waals surface area contributed by atoms with Crippen LogP contribution in [0.25, 0.3) is 0 Å². The molecule has 11 heteroatoms. The molecule has 0 saturated carbocycles. The molecule has 0 aliphatic carbocycles. The number of nitrogens with zero attached hydrogens (tertiary/aromatic N) is 1. The third-order valence-corrected chi connectivity index (χ3v) is 3.82. The van der Waals surface area contributed by atoms with Crippen LogP contribution in [0.3, 0.4) is 0 Å². The van der Waals surface area contributed by atoms with E-state index >= 15 is 0 Å². The third kappa shape index (κ3) is 4.01. The number of anilines is 1. The van der Waals surface area contributed by atoms with Gasteiger partial charge < -0.3 is 14.8 Å². The molecule has 2 heterocycles. The summed E-state index contributed by atoms with van der Waals surface area (Å²) < 4.78 is 99.9. The van der Waals surface area contributed by atoms with E-state index in [9.17, 15) is 30.7 Å². The first-order chi connectivity index (χ1) is 12.7. The maximum atomic E-state index is 13.8. The summed E-state index contributed by atoms with van der Waals surface area (Å²) in [4.78, 5) is 3.51. The Kier molecular flexibility index (Phi) is 5.03. The van der Waals surface area contributed by atoms with Gasteiger partial charge in [0.2, 0.25) is 5.82 Å². The van der Waals surface area contributed by atoms with Crippen LogP contribution in [0.1, 0.15) is 23.6 Å². The molecule has 2 aromatic rings. The Hall–Kier alpha value is -2.72. The van der Waals surface area contributed by atoms with Crippen LogP contribution in [0.4, 0.5) is 36.6 Å². The summed E-state index contributed by atoms with van der Waals surface area (Å²) >= 11 is 0. The summed E-state index contributed by atoms with van der Waals surface area (Å²) in [5, 5.41) is 2.63. The highest BCUT2D eigenvalue weighted by atomic mass is 19.4. The summed E-state index contributed by atoms with van der Waals surface area (Å²) in [6.45, 7) is -3.42. The first kappa shape index (κ1) is 19.1. The van der Waals surface area contributed by atoms with Crippen molar-refractivity contribution in [2.75, 3.05) is 11.9 Å². The van der Waals surface area contributed by atoms with Gasteiger partial charge in [-0.3, -0.25) is 0 Å². The highest BCUT2D eigenvalue weighted by molar-refractivity contribution is 5.54. The van der Waals surface area contributed by atoms with Crippen LogP contribution in [-0.2, 0) is 6.18 Å². The molecule has 27 heavy (non-hydrogen) atoms. The van der Waals surface area contributed by atoms with Gasteiger partial charge in [0, 0.05) is 18.2 Å². The summed E-state index contributed by atoms with van der Waals surface area (Å²) in [5.74, 6) is -3.93. The number of pyridine rings is 1. The lowest BCUT2D eigenvalue weighted by atomic mass is 10.00. The number of alkyl halides is 5. The molecular formula is C16H11F7N2O2. The largest absolute Gasteiger partial charge is 0.490 e. The molecule has 1 N–H and O–H groups in total. The first-order valence-electron chi connectivity index (χ1n) is 7.56. The van der Waals surface area contributed by atoms with Gasteiger partial charge in [0.1, 0.15) is 0 Å². The average Bonchev–Trinajstić information content (AvgIpc) is 2.58. The van der Waals surface area contributed by atoms with E-state index in [1.54, 1.807) is 0 Å². The van der Waals surface area contributed by atoms with E-state index in [0.29, 0.717) is 12.3 Å². The Morgan fingerprint density at radius 1 is 1.22 bits per heavy atom. The van der Waals surface area contributed by atoms with Crippen molar-refractivity contribution in [3.05, 3.63) is 47.2 Å². The standard InChI is InChI=1S/C16H11F7N2O2/c17-9-2-1-8-10(3-4-26-13(8)12(9)18)25-14-11(27-15(19)20)5-7(6-24-14)16(21,22)23/h1-2,5-6,10,15H,3-4H2,(H,24,25). The predicted octanol–water partition coefficient (Wildman–Crippen LogP) is 4.92. The van der Waals surface area contributed by atoms with E-state index in [2.05, 4.69) is 15.0 Å². The SMILES string of the molecule is Fc1ccc2c(c1F)OCCC2Nc1ncc(C(F)(F)F)cc1OC(F)F. The number of aromatic nitrogens is 1. The predicted molar refractivity (Wildman–Crippen MR) is 78.7 cm³/mol. The lowest BCUT2D eigenvalue weighted by Crippen LogP contribution is -2.23. The second-order valence-corrected chi connectivity index (χ2v) is 5.56. The Labute approximate surface area is 147 Å². The van der Waals surface area contributed by atoms with Crippen LogP contribution in [-0.4, -0.2) is 18.2 Å². The Balaban J connectivity index is 1.96. The van der Waals surface area contributed by atoms with Crippen molar-refractivity contribution >= 4 is 5.82 Å². The summed E-state index contributed by atoms with van der Waals surface area (Å²) in [7, 11) is 0. The molecule has 1 aliphatic heterocycles. The molecule has 0 radical (unpaired) electrons. The summed E-state index contributed by atoms with van der Waals surface area (Å²) in [6, 6.07) is 1.69. The van der Waals surface area contributed by atoms with Crippen LogP contribution >= 0.6 is 0 Å². The highest BCUT2D eigenvalue weighted by Crippen LogP contribution is 2.40. The number of ether oxygens (including phenoxy) is 2. The van der Waals surface area contributed by atoms with Crippen LogP contribution in [0, 0.1) is 11.6 Å². The minimum absolute atomic E-state index is 0.0310. The molecule has 1 aromatic carbocycles. The number of rotatable bonds is 4. The smallest absolute Gasteiger partial charge is 0.418 e. The molecule has 0 spiro atoms. The molecule has 0 amide bonds. The van der Waals surface area contributed by atoms with E-state index in [1.807, 2.05) is 0 Å². The molecule has 0 bridgehead atoms. The highest BCUT2D eigenvalue weighted by Gasteiger charge is 2.33. The van der Waals surface area contributed by atoms with Gasteiger partial charge in [-0.05, 0) is 12.1 Å². The van der Waals surface area contributed by atoms with Crippen LogP contribution in [0.2, 0.25) is 0 Å². The van der Waals surface area contributed by atoms with Gasteiger partial charge in [0.05, 0.1) is 18.2 Å². The minimum Gasteiger partial charge on any atom is -0.490 e. The molecule has 0 saturated heterocycles. The molecule has 3 rings (SSSR count). The summed E-state index contributed by atoms with van der Waals surface area (Å²) in [6.07, 6.45) is -4.15. The molecule has 146 valence electrons. The van der Waals surface area contributed by atoms with Crippen molar-refractivity contribution in [1.82, 2.24) is 4.98 Å². The number of benzene rings is 1. The van der Waals surface area contributed by atoms with Crippen LogP contribution < -0.4 is 14.8 Å². The fourth-order valence-corrected chi connectivity index (χ4v) is 2.61. The van der Waals surface area contributed by atoms with Gasteiger partial charge >= 0.3 is 12.8 Å². The molecular weight excluding hydrogens is 385 g/mol. The van der Waals surface area contributed by atoms with Crippen molar-refractivity contribution < 1.29 is 40.2 Å². The van der Waals surface area contributed by atoms with Crippen molar-refractivity contribution in [1.29, 1.82) is 0 Å². The van der Waals surface area contributed by atoms with Crippen molar-refractivity contribution in [3.63, 3.8) is 0 Å². The Bertz CT molecular complexity index is 842. The second-order valence-electron chi connectivity index (χ2n) is 5.56.